The minimum Gasteiger partial charge on any atom is -0.377 e. The number of piperidine rings is 1. The molecule has 0 aliphatic carbocycles. The zero-order valence-electron chi connectivity index (χ0n) is 13.2. The van der Waals surface area contributed by atoms with Gasteiger partial charge in [0.15, 0.2) is 5.82 Å². The number of ether oxygens (including phenoxy) is 1. The topological polar surface area (TPSA) is 79.5 Å². The van der Waals surface area contributed by atoms with Crippen molar-refractivity contribution in [2.24, 2.45) is 11.8 Å². The molecule has 0 radical (unpaired) electrons. The first-order valence-corrected chi connectivity index (χ1v) is 7.35. The Bertz CT molecular complexity index is 445. The summed E-state index contributed by atoms with van der Waals surface area (Å²) in [6, 6.07) is 1.89. The van der Waals surface area contributed by atoms with Crippen LogP contribution in [0.4, 0.5) is 11.6 Å². The maximum atomic E-state index is 5.49. The standard InChI is InChI=1S/C14H26N6O/c1-19(2)9-11-4-6-20(7-5-11)14-8-12(18-15)16-13(17-14)10-21-3/h8,11H,4-7,9-10,15H2,1-3H3,(H,16,17,18). The summed E-state index contributed by atoms with van der Waals surface area (Å²) in [5.74, 6) is 8.46. The van der Waals surface area contributed by atoms with Gasteiger partial charge in [-0.15, -0.1) is 0 Å². The minimum absolute atomic E-state index is 0.389. The second-order valence-electron chi connectivity index (χ2n) is 5.80. The number of aromatic nitrogens is 2. The summed E-state index contributed by atoms with van der Waals surface area (Å²) >= 11 is 0. The van der Waals surface area contributed by atoms with Crippen LogP contribution in [0.2, 0.25) is 0 Å². The fraction of sp³-hybridized carbons (Fsp3) is 0.714. The number of hydrogen-bond donors (Lipinski definition) is 2. The molecule has 0 saturated carbocycles. The highest BCUT2D eigenvalue weighted by molar-refractivity contribution is 5.49. The zero-order valence-corrected chi connectivity index (χ0v) is 13.2. The molecule has 0 bridgehead atoms. The molecular formula is C14H26N6O. The van der Waals surface area contributed by atoms with E-state index in [4.69, 9.17) is 10.6 Å². The van der Waals surface area contributed by atoms with Gasteiger partial charge in [-0.3, -0.25) is 0 Å². The van der Waals surface area contributed by atoms with Crippen LogP contribution in [0.25, 0.3) is 0 Å². The van der Waals surface area contributed by atoms with Crippen LogP contribution in [-0.4, -0.2) is 55.7 Å². The smallest absolute Gasteiger partial charge is 0.158 e. The fourth-order valence-electron chi connectivity index (χ4n) is 2.77. The van der Waals surface area contributed by atoms with Crippen molar-refractivity contribution in [3.8, 4) is 0 Å². The molecule has 3 N–H and O–H groups in total. The van der Waals surface area contributed by atoms with Crippen molar-refractivity contribution in [1.82, 2.24) is 14.9 Å². The van der Waals surface area contributed by atoms with Crippen LogP contribution in [0.3, 0.4) is 0 Å². The largest absolute Gasteiger partial charge is 0.377 e. The van der Waals surface area contributed by atoms with Gasteiger partial charge in [0, 0.05) is 32.8 Å². The van der Waals surface area contributed by atoms with Crippen molar-refractivity contribution < 1.29 is 4.74 Å². The molecule has 0 unspecified atom stereocenters. The molecule has 21 heavy (non-hydrogen) atoms. The lowest BCUT2D eigenvalue weighted by atomic mass is 9.96. The molecule has 2 heterocycles. The van der Waals surface area contributed by atoms with E-state index in [1.54, 1.807) is 7.11 Å². The molecule has 0 atom stereocenters. The number of nitrogen functional groups attached to an aromatic ring is 1. The number of nitrogens with zero attached hydrogens (tertiary/aromatic N) is 4. The first kappa shape index (κ1) is 15.9. The predicted molar refractivity (Wildman–Crippen MR) is 84.0 cm³/mol. The summed E-state index contributed by atoms with van der Waals surface area (Å²) < 4.78 is 5.11. The average Bonchev–Trinajstić information content (AvgIpc) is 2.47. The minimum atomic E-state index is 0.389. The van der Waals surface area contributed by atoms with Crippen LogP contribution < -0.4 is 16.2 Å². The lowest BCUT2D eigenvalue weighted by Gasteiger charge is -2.34. The van der Waals surface area contributed by atoms with Crippen LogP contribution in [0, 0.1) is 5.92 Å². The van der Waals surface area contributed by atoms with E-state index >= 15 is 0 Å². The Morgan fingerprint density at radius 2 is 2.10 bits per heavy atom. The van der Waals surface area contributed by atoms with Crippen LogP contribution >= 0.6 is 0 Å². The number of nitrogens with one attached hydrogen (secondary N) is 1. The molecule has 0 spiro atoms. The summed E-state index contributed by atoms with van der Waals surface area (Å²) in [6.45, 7) is 3.58. The summed E-state index contributed by atoms with van der Waals surface area (Å²) in [5, 5.41) is 0. The average molecular weight is 294 g/mol. The number of anilines is 2. The van der Waals surface area contributed by atoms with Gasteiger partial charge in [0.25, 0.3) is 0 Å². The molecule has 118 valence electrons. The summed E-state index contributed by atoms with van der Waals surface area (Å²) in [5.41, 5.74) is 2.60. The molecule has 1 aliphatic rings. The second kappa shape index (κ2) is 7.53. The van der Waals surface area contributed by atoms with Gasteiger partial charge in [-0.1, -0.05) is 0 Å². The molecule has 1 aromatic rings. The molecule has 7 heteroatoms. The highest BCUT2D eigenvalue weighted by Crippen LogP contribution is 2.23. The van der Waals surface area contributed by atoms with E-state index in [0.717, 1.165) is 31.4 Å². The van der Waals surface area contributed by atoms with E-state index in [9.17, 15) is 0 Å². The highest BCUT2D eigenvalue weighted by atomic mass is 16.5. The van der Waals surface area contributed by atoms with Crippen LogP contribution in [0.5, 0.6) is 0 Å². The number of methoxy groups -OCH3 is 1. The Kier molecular flexibility index (Phi) is 5.72. The Morgan fingerprint density at radius 3 is 2.67 bits per heavy atom. The van der Waals surface area contributed by atoms with E-state index in [0.29, 0.717) is 18.2 Å². The fourth-order valence-corrected chi connectivity index (χ4v) is 2.77. The Morgan fingerprint density at radius 1 is 1.38 bits per heavy atom. The van der Waals surface area contributed by atoms with Crippen LogP contribution in [0.1, 0.15) is 18.7 Å². The van der Waals surface area contributed by atoms with Crippen molar-refractivity contribution >= 4 is 11.6 Å². The van der Waals surface area contributed by atoms with E-state index in [2.05, 4.69) is 39.3 Å². The van der Waals surface area contributed by atoms with Crippen molar-refractivity contribution in [2.45, 2.75) is 19.4 Å². The third kappa shape index (κ3) is 4.52. The SMILES string of the molecule is COCc1nc(NN)cc(N2CCC(CN(C)C)CC2)n1. The highest BCUT2D eigenvalue weighted by Gasteiger charge is 2.21. The third-order valence-corrected chi connectivity index (χ3v) is 3.74. The molecule has 7 nitrogen and oxygen atoms in total. The summed E-state index contributed by atoms with van der Waals surface area (Å²) in [7, 11) is 5.90. The number of rotatable bonds is 6. The van der Waals surface area contributed by atoms with Gasteiger partial charge < -0.3 is 20.0 Å². The van der Waals surface area contributed by atoms with E-state index < -0.39 is 0 Å². The van der Waals surface area contributed by atoms with Gasteiger partial charge >= 0.3 is 0 Å². The molecule has 0 aromatic carbocycles. The van der Waals surface area contributed by atoms with Crippen molar-refractivity contribution in [3.63, 3.8) is 0 Å². The molecule has 2 rings (SSSR count). The number of hydrazine groups is 1. The first-order valence-electron chi connectivity index (χ1n) is 7.35. The zero-order chi connectivity index (χ0) is 15.2. The molecule has 0 amide bonds. The van der Waals surface area contributed by atoms with Gasteiger partial charge in [-0.25, -0.2) is 15.8 Å². The van der Waals surface area contributed by atoms with Gasteiger partial charge in [-0.2, -0.15) is 0 Å². The number of nitrogens with two attached hydrogens (primary N) is 1. The quantitative estimate of drug-likeness (QED) is 0.590. The lowest BCUT2D eigenvalue weighted by molar-refractivity contribution is 0.178. The summed E-state index contributed by atoms with van der Waals surface area (Å²) in [4.78, 5) is 13.4. The van der Waals surface area contributed by atoms with E-state index in [1.807, 2.05) is 6.07 Å². The molecular weight excluding hydrogens is 268 g/mol. The molecule has 1 saturated heterocycles. The predicted octanol–water partition coefficient (Wildman–Crippen LogP) is 0.687. The molecule has 1 fully saturated rings. The van der Waals surface area contributed by atoms with Crippen LogP contribution in [0.15, 0.2) is 6.07 Å². The second-order valence-corrected chi connectivity index (χ2v) is 5.80. The van der Waals surface area contributed by atoms with Crippen LogP contribution in [-0.2, 0) is 11.3 Å². The Balaban J connectivity index is 2.03. The van der Waals surface area contributed by atoms with Gasteiger partial charge in [0.1, 0.15) is 18.2 Å². The first-order chi connectivity index (χ1) is 10.1. The van der Waals surface area contributed by atoms with Crippen molar-refractivity contribution in [1.29, 1.82) is 0 Å². The van der Waals surface area contributed by atoms with E-state index in [-0.39, 0.29) is 0 Å². The Labute approximate surface area is 126 Å². The van der Waals surface area contributed by atoms with Crippen molar-refractivity contribution in [3.05, 3.63) is 11.9 Å². The lowest BCUT2D eigenvalue weighted by Crippen LogP contribution is -2.37. The molecule has 1 aliphatic heterocycles. The normalized spacial score (nSPS) is 16.5. The maximum absolute atomic E-state index is 5.49. The summed E-state index contributed by atoms with van der Waals surface area (Å²) in [6.07, 6.45) is 2.38. The Hall–Kier alpha value is -1.44. The number of hydrogen-bond acceptors (Lipinski definition) is 7. The maximum Gasteiger partial charge on any atom is 0.158 e. The van der Waals surface area contributed by atoms with Gasteiger partial charge in [0.2, 0.25) is 0 Å². The van der Waals surface area contributed by atoms with Gasteiger partial charge in [0.05, 0.1) is 0 Å². The van der Waals surface area contributed by atoms with Crippen molar-refractivity contribution in [2.75, 3.05) is 51.2 Å². The molecule has 1 aromatic heterocycles. The van der Waals surface area contributed by atoms with Gasteiger partial charge in [-0.05, 0) is 32.9 Å². The monoisotopic (exact) mass is 294 g/mol. The van der Waals surface area contributed by atoms with E-state index in [1.165, 1.54) is 12.8 Å². The third-order valence-electron chi connectivity index (χ3n) is 3.74.